The molecule has 3 N–H and O–H groups in total. The second kappa shape index (κ2) is 5.33. The molecule has 0 aromatic heterocycles. The van der Waals surface area contributed by atoms with E-state index in [-0.39, 0.29) is 5.56 Å². The average Bonchev–Trinajstić information content (AvgIpc) is 2.38. The van der Waals surface area contributed by atoms with Crippen molar-refractivity contribution in [3.8, 4) is 0 Å². The third-order valence-corrected chi connectivity index (χ3v) is 3.24. The Morgan fingerprint density at radius 1 is 1.10 bits per heavy atom. The molecule has 2 aromatic rings. The van der Waals surface area contributed by atoms with Gasteiger partial charge in [-0.3, -0.25) is 4.79 Å². The van der Waals surface area contributed by atoms with E-state index in [2.05, 4.69) is 5.32 Å². The largest absolute Gasteiger partial charge is 0.399 e. The monoisotopic (exact) mass is 272 g/mol. The Kier molecular flexibility index (Phi) is 3.74. The molecule has 3 nitrogen and oxygen atoms in total. The first kappa shape index (κ1) is 14.1. The molecule has 0 bridgehead atoms. The summed E-state index contributed by atoms with van der Waals surface area (Å²) in [7, 11) is 0. The Labute approximate surface area is 117 Å². The van der Waals surface area contributed by atoms with Crippen molar-refractivity contribution in [3.05, 3.63) is 58.4 Å². The van der Waals surface area contributed by atoms with Gasteiger partial charge in [0.15, 0.2) is 0 Å². The van der Waals surface area contributed by atoms with Gasteiger partial charge in [0.1, 0.15) is 5.82 Å². The number of amides is 1. The average molecular weight is 272 g/mol. The fourth-order valence-corrected chi connectivity index (χ4v) is 2.16. The lowest BCUT2D eigenvalue weighted by molar-refractivity contribution is 0.102. The van der Waals surface area contributed by atoms with E-state index in [1.807, 2.05) is 32.0 Å². The number of hydrogen-bond acceptors (Lipinski definition) is 2. The van der Waals surface area contributed by atoms with Crippen LogP contribution >= 0.6 is 0 Å². The van der Waals surface area contributed by atoms with Gasteiger partial charge in [0, 0.05) is 11.4 Å². The molecule has 2 aromatic carbocycles. The van der Waals surface area contributed by atoms with E-state index >= 15 is 0 Å². The number of rotatable bonds is 2. The minimum absolute atomic E-state index is 0.0369. The van der Waals surface area contributed by atoms with Gasteiger partial charge in [-0.05, 0) is 49.6 Å². The number of carbonyl (C=O) groups excluding carboxylic acids is 1. The number of nitrogens with one attached hydrogen (secondary N) is 1. The number of benzene rings is 2. The van der Waals surface area contributed by atoms with Gasteiger partial charge in [-0.25, -0.2) is 4.39 Å². The normalized spacial score (nSPS) is 10.4. The third-order valence-electron chi connectivity index (χ3n) is 3.24. The van der Waals surface area contributed by atoms with Crippen LogP contribution in [0.15, 0.2) is 30.3 Å². The standard InChI is InChI=1S/C16H17FN2O/c1-9-5-4-6-10(2)15(9)19-16(20)13-8-12(18)7-11(3)14(13)17/h4-8H,18H2,1-3H3,(H,19,20). The molecular weight excluding hydrogens is 255 g/mol. The second-order valence-electron chi connectivity index (χ2n) is 4.92. The first-order valence-corrected chi connectivity index (χ1v) is 6.33. The number of anilines is 2. The summed E-state index contributed by atoms with van der Waals surface area (Å²) in [4.78, 5) is 12.2. The van der Waals surface area contributed by atoms with Crippen molar-refractivity contribution in [1.82, 2.24) is 0 Å². The van der Waals surface area contributed by atoms with Crippen molar-refractivity contribution in [2.45, 2.75) is 20.8 Å². The van der Waals surface area contributed by atoms with Crippen molar-refractivity contribution < 1.29 is 9.18 Å². The fraction of sp³-hybridized carbons (Fsp3) is 0.188. The second-order valence-corrected chi connectivity index (χ2v) is 4.92. The van der Waals surface area contributed by atoms with Crippen molar-refractivity contribution in [1.29, 1.82) is 0 Å². The maximum atomic E-state index is 14.0. The van der Waals surface area contributed by atoms with E-state index in [1.165, 1.54) is 12.1 Å². The fourth-order valence-electron chi connectivity index (χ4n) is 2.16. The van der Waals surface area contributed by atoms with Crippen molar-refractivity contribution in [2.75, 3.05) is 11.1 Å². The summed E-state index contributed by atoms with van der Waals surface area (Å²) < 4.78 is 14.0. The highest BCUT2D eigenvalue weighted by atomic mass is 19.1. The number of para-hydroxylation sites is 1. The quantitative estimate of drug-likeness (QED) is 0.821. The van der Waals surface area contributed by atoms with E-state index in [0.717, 1.165) is 11.1 Å². The molecule has 0 atom stereocenters. The lowest BCUT2D eigenvalue weighted by Gasteiger charge is -2.13. The third kappa shape index (κ3) is 2.64. The van der Waals surface area contributed by atoms with Gasteiger partial charge >= 0.3 is 0 Å². The Morgan fingerprint density at radius 3 is 2.30 bits per heavy atom. The predicted octanol–water partition coefficient (Wildman–Crippen LogP) is 3.59. The Balaban J connectivity index is 2.39. The van der Waals surface area contributed by atoms with Crippen LogP contribution in [0.1, 0.15) is 27.0 Å². The van der Waals surface area contributed by atoms with Crippen molar-refractivity contribution in [3.63, 3.8) is 0 Å². The molecule has 1 amide bonds. The zero-order valence-electron chi connectivity index (χ0n) is 11.8. The highest BCUT2D eigenvalue weighted by molar-refractivity contribution is 6.05. The van der Waals surface area contributed by atoms with Gasteiger partial charge in [-0.1, -0.05) is 18.2 Å². The van der Waals surface area contributed by atoms with Crippen molar-refractivity contribution >= 4 is 17.3 Å². The Bertz CT molecular complexity index is 660. The maximum Gasteiger partial charge on any atom is 0.258 e. The topological polar surface area (TPSA) is 55.1 Å². The maximum absolute atomic E-state index is 14.0. The summed E-state index contributed by atoms with van der Waals surface area (Å²) in [6.45, 7) is 5.37. The van der Waals surface area contributed by atoms with Gasteiger partial charge in [0.05, 0.1) is 5.56 Å². The predicted molar refractivity (Wildman–Crippen MR) is 79.4 cm³/mol. The molecule has 20 heavy (non-hydrogen) atoms. The molecular formula is C16H17FN2O. The molecule has 2 rings (SSSR count). The summed E-state index contributed by atoms with van der Waals surface area (Å²) in [5.74, 6) is -1.03. The molecule has 0 spiro atoms. The van der Waals surface area contributed by atoms with Crippen LogP contribution in [-0.2, 0) is 0 Å². The SMILES string of the molecule is Cc1cc(N)cc(C(=O)Nc2c(C)cccc2C)c1F. The molecule has 0 saturated carbocycles. The molecule has 0 aliphatic carbocycles. The van der Waals surface area contributed by atoms with Crippen LogP contribution in [0, 0.1) is 26.6 Å². The minimum atomic E-state index is -0.539. The number of carbonyl (C=O) groups is 1. The van der Waals surface area contributed by atoms with Crippen LogP contribution in [0.3, 0.4) is 0 Å². The lowest BCUT2D eigenvalue weighted by atomic mass is 10.1. The minimum Gasteiger partial charge on any atom is -0.399 e. The summed E-state index contributed by atoms with van der Waals surface area (Å²) in [6, 6.07) is 8.55. The first-order chi connectivity index (χ1) is 9.40. The molecule has 4 heteroatoms. The Hall–Kier alpha value is -2.36. The van der Waals surface area contributed by atoms with E-state index in [0.29, 0.717) is 16.9 Å². The van der Waals surface area contributed by atoms with Gasteiger partial charge in [-0.2, -0.15) is 0 Å². The van der Waals surface area contributed by atoms with Gasteiger partial charge in [0.2, 0.25) is 0 Å². The number of nitrogens with two attached hydrogens (primary N) is 1. The first-order valence-electron chi connectivity index (χ1n) is 6.33. The number of hydrogen-bond donors (Lipinski definition) is 2. The summed E-state index contributed by atoms with van der Waals surface area (Å²) in [6.07, 6.45) is 0. The molecule has 0 saturated heterocycles. The van der Waals surface area contributed by atoms with Crippen LogP contribution in [0.5, 0.6) is 0 Å². The summed E-state index contributed by atoms with van der Waals surface area (Å²) in [5, 5.41) is 2.76. The molecule has 0 fully saturated rings. The smallest absolute Gasteiger partial charge is 0.258 e. The van der Waals surface area contributed by atoms with E-state index in [1.54, 1.807) is 6.92 Å². The molecule has 0 aliphatic heterocycles. The number of halogens is 1. The highest BCUT2D eigenvalue weighted by Crippen LogP contribution is 2.22. The van der Waals surface area contributed by atoms with E-state index in [4.69, 9.17) is 5.73 Å². The van der Waals surface area contributed by atoms with Crippen molar-refractivity contribution in [2.24, 2.45) is 0 Å². The van der Waals surface area contributed by atoms with Crippen LogP contribution in [0.4, 0.5) is 15.8 Å². The Morgan fingerprint density at radius 2 is 1.70 bits per heavy atom. The number of aryl methyl sites for hydroxylation is 3. The highest BCUT2D eigenvalue weighted by Gasteiger charge is 2.16. The van der Waals surface area contributed by atoms with Crippen LogP contribution in [0.25, 0.3) is 0 Å². The molecule has 0 unspecified atom stereocenters. The van der Waals surface area contributed by atoms with Gasteiger partial charge in [-0.15, -0.1) is 0 Å². The van der Waals surface area contributed by atoms with Crippen LogP contribution in [0.2, 0.25) is 0 Å². The lowest BCUT2D eigenvalue weighted by Crippen LogP contribution is -2.16. The van der Waals surface area contributed by atoms with Crippen LogP contribution < -0.4 is 11.1 Å². The molecule has 0 radical (unpaired) electrons. The molecule has 0 heterocycles. The van der Waals surface area contributed by atoms with E-state index < -0.39 is 11.7 Å². The molecule has 104 valence electrons. The zero-order chi connectivity index (χ0) is 14.9. The van der Waals surface area contributed by atoms with E-state index in [9.17, 15) is 9.18 Å². The summed E-state index contributed by atoms with van der Waals surface area (Å²) >= 11 is 0. The number of nitrogen functional groups attached to an aromatic ring is 1. The zero-order valence-corrected chi connectivity index (χ0v) is 11.8. The van der Waals surface area contributed by atoms with Crippen LogP contribution in [-0.4, -0.2) is 5.91 Å². The summed E-state index contributed by atoms with van der Waals surface area (Å²) in [5.41, 5.74) is 8.93. The van der Waals surface area contributed by atoms with Gasteiger partial charge < -0.3 is 11.1 Å². The van der Waals surface area contributed by atoms with Gasteiger partial charge in [0.25, 0.3) is 5.91 Å². The molecule has 0 aliphatic rings.